The highest BCUT2D eigenvalue weighted by molar-refractivity contribution is 7.80. The molecule has 9 heavy (non-hydrogen) atoms. The van der Waals surface area contributed by atoms with Crippen LogP contribution >= 0.6 is 12.6 Å². The van der Waals surface area contributed by atoms with Crippen molar-refractivity contribution in [2.75, 3.05) is 13.2 Å². The average molecular weight is 148 g/mol. The van der Waals surface area contributed by atoms with Gasteiger partial charge < -0.3 is 0 Å². The van der Waals surface area contributed by atoms with Gasteiger partial charge in [-0.3, -0.25) is 10.2 Å². The van der Waals surface area contributed by atoms with E-state index >= 15 is 0 Å². The summed E-state index contributed by atoms with van der Waals surface area (Å²) in [6, 6.07) is 0. The minimum absolute atomic E-state index is 0.100. The van der Waals surface area contributed by atoms with Crippen LogP contribution in [-0.4, -0.2) is 23.8 Å². The molecular weight excluding hydrogens is 136 g/mol. The highest BCUT2D eigenvalue weighted by Crippen LogP contribution is 2.05. The highest BCUT2D eigenvalue weighted by Gasteiger charge is 2.17. The molecule has 0 saturated carbocycles. The molecule has 54 valence electrons. The van der Waals surface area contributed by atoms with E-state index in [0.717, 1.165) is 19.6 Å². The van der Waals surface area contributed by atoms with Crippen LogP contribution in [0.4, 0.5) is 0 Å². The topological polar surface area (TPSA) is 24.5 Å². The Labute approximate surface area is 60.7 Å². The molecular formula is C5H12N2OS. The van der Waals surface area contributed by atoms with E-state index in [-0.39, 0.29) is 5.56 Å². The van der Waals surface area contributed by atoms with Gasteiger partial charge in [0.2, 0.25) is 0 Å². The van der Waals surface area contributed by atoms with Crippen LogP contribution in [-0.2, 0) is 4.84 Å². The largest absolute Gasteiger partial charge is 0.268 e. The molecule has 1 rings (SSSR count). The number of nitrogens with zero attached hydrogens (tertiary/aromatic N) is 1. The smallest absolute Gasteiger partial charge is 0.175 e. The number of nitrogens with one attached hydrogen (secondary N) is 1. The Hall–Kier alpha value is 0.230. The molecule has 0 aromatic carbocycles. The molecule has 1 fully saturated rings. The number of hydrogen-bond acceptors (Lipinski definition) is 4. The van der Waals surface area contributed by atoms with E-state index in [9.17, 15) is 0 Å². The molecule has 1 aliphatic rings. The number of hydroxylamine groups is 2. The second-order valence-corrected chi connectivity index (χ2v) is 2.49. The molecule has 1 atom stereocenters. The van der Waals surface area contributed by atoms with Crippen molar-refractivity contribution in [3.05, 3.63) is 0 Å². The van der Waals surface area contributed by atoms with Gasteiger partial charge >= 0.3 is 0 Å². The number of rotatable bonds is 2. The maximum Gasteiger partial charge on any atom is 0.175 e. The normalized spacial score (nSPS) is 29.3. The Kier molecular flexibility index (Phi) is 2.78. The standard InChI is InChI=1S/C5H12N2OS/c1-2-3-7-4-6-5(9)8-7/h5-6,9H,2-4H2,1H3. The van der Waals surface area contributed by atoms with Gasteiger partial charge in [-0.15, -0.1) is 12.6 Å². The summed E-state index contributed by atoms with van der Waals surface area (Å²) in [4.78, 5) is 5.19. The molecule has 3 nitrogen and oxygen atoms in total. The Balaban J connectivity index is 2.14. The van der Waals surface area contributed by atoms with E-state index in [1.54, 1.807) is 0 Å². The van der Waals surface area contributed by atoms with Crippen LogP contribution in [0.1, 0.15) is 13.3 Å². The lowest BCUT2D eigenvalue weighted by molar-refractivity contribution is -0.119. The zero-order valence-corrected chi connectivity index (χ0v) is 6.40. The van der Waals surface area contributed by atoms with Gasteiger partial charge in [0, 0.05) is 6.54 Å². The van der Waals surface area contributed by atoms with Crippen LogP contribution in [0, 0.1) is 0 Å². The van der Waals surface area contributed by atoms with Crippen LogP contribution in [0.15, 0.2) is 0 Å². The Morgan fingerprint density at radius 1 is 1.89 bits per heavy atom. The lowest BCUT2D eigenvalue weighted by Crippen LogP contribution is -2.21. The SMILES string of the molecule is CCCN1CNC(S)O1. The highest BCUT2D eigenvalue weighted by atomic mass is 32.1. The zero-order chi connectivity index (χ0) is 6.69. The molecule has 1 unspecified atom stereocenters. The fourth-order valence-electron chi connectivity index (χ4n) is 0.777. The van der Waals surface area contributed by atoms with Gasteiger partial charge in [0.1, 0.15) is 0 Å². The van der Waals surface area contributed by atoms with E-state index in [1.165, 1.54) is 0 Å². The summed E-state index contributed by atoms with van der Waals surface area (Å²) in [5, 5.41) is 4.89. The molecule has 0 radical (unpaired) electrons. The minimum Gasteiger partial charge on any atom is -0.268 e. The molecule has 0 bridgehead atoms. The zero-order valence-electron chi connectivity index (χ0n) is 5.50. The molecule has 0 aliphatic carbocycles. The van der Waals surface area contributed by atoms with Gasteiger partial charge in [0.05, 0.1) is 6.67 Å². The van der Waals surface area contributed by atoms with E-state index < -0.39 is 0 Å². The monoisotopic (exact) mass is 148 g/mol. The van der Waals surface area contributed by atoms with Crippen molar-refractivity contribution in [3.8, 4) is 0 Å². The fraction of sp³-hybridized carbons (Fsp3) is 1.00. The van der Waals surface area contributed by atoms with E-state index in [4.69, 9.17) is 4.84 Å². The second-order valence-electron chi connectivity index (χ2n) is 2.03. The molecule has 1 heterocycles. The maximum atomic E-state index is 5.19. The molecule has 1 saturated heterocycles. The van der Waals surface area contributed by atoms with Crippen molar-refractivity contribution in [3.63, 3.8) is 0 Å². The van der Waals surface area contributed by atoms with Gasteiger partial charge in [-0.2, -0.15) is 5.06 Å². The van der Waals surface area contributed by atoms with Gasteiger partial charge in [0.25, 0.3) is 0 Å². The molecule has 1 N–H and O–H groups in total. The first-order valence-electron chi connectivity index (χ1n) is 3.16. The van der Waals surface area contributed by atoms with Crippen molar-refractivity contribution in [1.29, 1.82) is 0 Å². The summed E-state index contributed by atoms with van der Waals surface area (Å²) in [7, 11) is 0. The Morgan fingerprint density at radius 3 is 3.11 bits per heavy atom. The molecule has 0 aromatic rings. The second kappa shape index (κ2) is 3.41. The predicted octanol–water partition coefficient (Wildman–Crippen LogP) is 0.404. The molecule has 1 aliphatic heterocycles. The van der Waals surface area contributed by atoms with Crippen molar-refractivity contribution in [1.82, 2.24) is 10.4 Å². The first-order chi connectivity index (χ1) is 4.33. The van der Waals surface area contributed by atoms with Crippen molar-refractivity contribution in [2.45, 2.75) is 18.9 Å². The lowest BCUT2D eigenvalue weighted by Gasteiger charge is -2.10. The number of thiol groups is 1. The van der Waals surface area contributed by atoms with Crippen LogP contribution in [0.25, 0.3) is 0 Å². The van der Waals surface area contributed by atoms with Crippen molar-refractivity contribution >= 4 is 12.6 Å². The van der Waals surface area contributed by atoms with Crippen LogP contribution < -0.4 is 5.32 Å². The average Bonchev–Trinajstić information content (AvgIpc) is 2.17. The summed E-state index contributed by atoms with van der Waals surface area (Å²) in [5.41, 5.74) is -0.100. The molecule has 0 amide bonds. The minimum atomic E-state index is -0.100. The maximum absolute atomic E-state index is 5.19. The summed E-state index contributed by atoms with van der Waals surface area (Å²) >= 11 is 4.07. The quantitative estimate of drug-likeness (QED) is 0.555. The summed E-state index contributed by atoms with van der Waals surface area (Å²) in [5.74, 6) is 0. The van der Waals surface area contributed by atoms with E-state index in [1.807, 2.05) is 5.06 Å². The summed E-state index contributed by atoms with van der Waals surface area (Å²) in [6.07, 6.45) is 1.11. The third kappa shape index (κ3) is 2.14. The van der Waals surface area contributed by atoms with Gasteiger partial charge in [-0.05, 0) is 6.42 Å². The summed E-state index contributed by atoms with van der Waals surface area (Å²) in [6.45, 7) is 3.89. The molecule has 0 aromatic heterocycles. The van der Waals surface area contributed by atoms with E-state index in [2.05, 4.69) is 24.9 Å². The number of hydrogen-bond donors (Lipinski definition) is 2. The van der Waals surface area contributed by atoms with Crippen molar-refractivity contribution in [2.24, 2.45) is 0 Å². The van der Waals surface area contributed by atoms with Gasteiger partial charge in [0.15, 0.2) is 5.56 Å². The Morgan fingerprint density at radius 2 is 2.67 bits per heavy atom. The third-order valence-corrected chi connectivity index (χ3v) is 1.44. The summed E-state index contributed by atoms with van der Waals surface area (Å²) < 4.78 is 0. The van der Waals surface area contributed by atoms with Gasteiger partial charge in [-0.25, -0.2) is 0 Å². The lowest BCUT2D eigenvalue weighted by atomic mass is 10.5. The predicted molar refractivity (Wildman–Crippen MR) is 38.9 cm³/mol. The van der Waals surface area contributed by atoms with E-state index in [0.29, 0.717) is 0 Å². The molecule has 0 spiro atoms. The fourth-order valence-corrected chi connectivity index (χ4v) is 0.992. The third-order valence-electron chi connectivity index (χ3n) is 1.16. The molecule has 4 heteroatoms. The van der Waals surface area contributed by atoms with Gasteiger partial charge in [-0.1, -0.05) is 6.92 Å². The first-order valence-corrected chi connectivity index (χ1v) is 3.67. The van der Waals surface area contributed by atoms with Crippen LogP contribution in [0.2, 0.25) is 0 Å². The van der Waals surface area contributed by atoms with Crippen molar-refractivity contribution < 1.29 is 4.84 Å². The van der Waals surface area contributed by atoms with Crippen LogP contribution in [0.3, 0.4) is 0 Å². The first kappa shape index (κ1) is 7.34. The van der Waals surface area contributed by atoms with Crippen LogP contribution in [0.5, 0.6) is 0 Å². The Bertz CT molecular complexity index is 89.0.